The molecular formula is C20H16ClN5O. The van der Waals surface area contributed by atoms with Gasteiger partial charge in [0.15, 0.2) is 5.82 Å². The number of hydrogen-bond acceptors (Lipinski definition) is 4. The molecule has 0 bridgehead atoms. The van der Waals surface area contributed by atoms with Gasteiger partial charge in [-0.3, -0.25) is 14.9 Å². The van der Waals surface area contributed by atoms with Crippen LogP contribution in [0.5, 0.6) is 0 Å². The Morgan fingerprint density at radius 1 is 1.07 bits per heavy atom. The summed E-state index contributed by atoms with van der Waals surface area (Å²) in [5.41, 5.74) is 1.30. The van der Waals surface area contributed by atoms with Crippen LogP contribution in [-0.2, 0) is 6.42 Å². The quantitative estimate of drug-likeness (QED) is 0.556. The molecule has 2 heterocycles. The van der Waals surface area contributed by atoms with E-state index in [1.807, 2.05) is 42.5 Å². The molecule has 4 aromatic rings. The zero-order valence-corrected chi connectivity index (χ0v) is 15.1. The molecule has 0 atom stereocenters. The molecule has 0 unspecified atom stereocenters. The Kier molecular flexibility index (Phi) is 4.80. The number of carbonyl (C=O) groups excluding carboxylic acids is 1. The highest BCUT2D eigenvalue weighted by Crippen LogP contribution is 2.18. The van der Waals surface area contributed by atoms with Gasteiger partial charge in [-0.05, 0) is 35.7 Å². The van der Waals surface area contributed by atoms with Gasteiger partial charge in [0.1, 0.15) is 11.5 Å². The molecule has 134 valence electrons. The fraction of sp³-hybridized carbons (Fsp3) is 0.100. The summed E-state index contributed by atoms with van der Waals surface area (Å²) in [6.45, 7) is 0.430. The van der Waals surface area contributed by atoms with E-state index >= 15 is 0 Å². The van der Waals surface area contributed by atoms with Crippen LogP contribution in [0.2, 0.25) is 5.02 Å². The van der Waals surface area contributed by atoms with Gasteiger partial charge >= 0.3 is 0 Å². The maximum atomic E-state index is 12.5. The van der Waals surface area contributed by atoms with Crippen LogP contribution in [0, 0.1) is 0 Å². The summed E-state index contributed by atoms with van der Waals surface area (Å²) in [6, 6.07) is 16.9. The lowest BCUT2D eigenvalue weighted by Crippen LogP contribution is -2.27. The number of hydrogen-bond donors (Lipinski definition) is 2. The first kappa shape index (κ1) is 17.2. The predicted octanol–water partition coefficient (Wildman–Crippen LogP) is 3.65. The standard InChI is InChI=1S/C20H16ClN5O/c21-15-7-5-14(6-8-15)19-24-17(25-26-19)10-12-23-20(27)18-16-4-2-1-3-13(16)9-11-22-18/h1-9,11H,10,12H2,(H,23,27)(H,24,25,26). The third kappa shape index (κ3) is 3.80. The van der Waals surface area contributed by atoms with Crippen LogP contribution in [0.25, 0.3) is 22.2 Å². The first-order chi connectivity index (χ1) is 13.2. The van der Waals surface area contributed by atoms with E-state index in [4.69, 9.17) is 11.6 Å². The number of aromatic amines is 1. The van der Waals surface area contributed by atoms with Crippen LogP contribution in [0.3, 0.4) is 0 Å². The van der Waals surface area contributed by atoms with E-state index in [0.717, 1.165) is 16.3 Å². The number of nitrogens with zero attached hydrogens (tertiary/aromatic N) is 3. The topological polar surface area (TPSA) is 83.6 Å². The second kappa shape index (κ2) is 7.55. The molecule has 0 aliphatic rings. The van der Waals surface area contributed by atoms with Crippen molar-refractivity contribution in [2.24, 2.45) is 0 Å². The minimum Gasteiger partial charge on any atom is -0.350 e. The molecule has 2 aromatic heterocycles. The normalized spacial score (nSPS) is 10.9. The molecule has 6 nitrogen and oxygen atoms in total. The van der Waals surface area contributed by atoms with Crippen molar-refractivity contribution in [3.05, 3.63) is 77.3 Å². The number of nitrogens with one attached hydrogen (secondary N) is 2. The second-order valence-electron chi connectivity index (χ2n) is 6.00. The van der Waals surface area contributed by atoms with E-state index in [-0.39, 0.29) is 5.91 Å². The van der Waals surface area contributed by atoms with E-state index in [1.165, 1.54) is 0 Å². The average Bonchev–Trinajstić information content (AvgIpc) is 3.17. The summed E-state index contributed by atoms with van der Waals surface area (Å²) in [7, 11) is 0. The number of rotatable bonds is 5. The first-order valence-electron chi connectivity index (χ1n) is 8.50. The Balaban J connectivity index is 1.40. The minimum absolute atomic E-state index is 0.204. The van der Waals surface area contributed by atoms with Crippen LogP contribution >= 0.6 is 11.6 Å². The Bertz CT molecular complexity index is 1090. The number of benzene rings is 2. The van der Waals surface area contributed by atoms with Gasteiger partial charge in [0.25, 0.3) is 5.91 Å². The molecule has 0 saturated carbocycles. The minimum atomic E-state index is -0.204. The molecule has 2 N–H and O–H groups in total. The van der Waals surface area contributed by atoms with Crippen LogP contribution in [-0.4, -0.2) is 32.6 Å². The molecule has 1 amide bonds. The van der Waals surface area contributed by atoms with Crippen molar-refractivity contribution in [3.8, 4) is 11.4 Å². The highest BCUT2D eigenvalue weighted by atomic mass is 35.5. The third-order valence-electron chi connectivity index (χ3n) is 4.17. The van der Waals surface area contributed by atoms with Crippen LogP contribution in [0.4, 0.5) is 0 Å². The van der Waals surface area contributed by atoms with Gasteiger partial charge in [-0.15, -0.1) is 0 Å². The number of amides is 1. The average molecular weight is 378 g/mol. The van der Waals surface area contributed by atoms with Crippen molar-refractivity contribution >= 4 is 28.3 Å². The molecule has 0 radical (unpaired) electrons. The summed E-state index contributed by atoms with van der Waals surface area (Å²) in [5.74, 6) is 1.10. The summed E-state index contributed by atoms with van der Waals surface area (Å²) in [4.78, 5) is 21.2. The van der Waals surface area contributed by atoms with E-state index in [2.05, 4.69) is 25.5 Å². The van der Waals surface area contributed by atoms with Crippen molar-refractivity contribution in [2.75, 3.05) is 6.54 Å². The van der Waals surface area contributed by atoms with Crippen molar-refractivity contribution in [2.45, 2.75) is 6.42 Å². The fourth-order valence-electron chi connectivity index (χ4n) is 2.81. The summed E-state index contributed by atoms with van der Waals surface area (Å²) in [5, 5.41) is 12.5. The Morgan fingerprint density at radius 3 is 2.74 bits per heavy atom. The predicted molar refractivity (Wildman–Crippen MR) is 105 cm³/mol. The summed E-state index contributed by atoms with van der Waals surface area (Å²) < 4.78 is 0. The summed E-state index contributed by atoms with van der Waals surface area (Å²) >= 11 is 5.90. The van der Waals surface area contributed by atoms with E-state index in [1.54, 1.807) is 18.3 Å². The molecular weight excluding hydrogens is 362 g/mol. The monoisotopic (exact) mass is 377 g/mol. The zero-order valence-electron chi connectivity index (χ0n) is 14.3. The summed E-state index contributed by atoms with van der Waals surface area (Å²) in [6.07, 6.45) is 2.18. The number of aromatic nitrogens is 4. The SMILES string of the molecule is O=C(NCCc1nc(-c2ccc(Cl)cc2)n[nH]1)c1nccc2ccccc12. The van der Waals surface area contributed by atoms with Crippen molar-refractivity contribution < 1.29 is 4.79 Å². The van der Waals surface area contributed by atoms with Gasteiger partial charge in [-0.1, -0.05) is 35.9 Å². The molecule has 4 rings (SSSR count). The third-order valence-corrected chi connectivity index (χ3v) is 4.42. The lowest BCUT2D eigenvalue weighted by atomic mass is 10.1. The second-order valence-corrected chi connectivity index (χ2v) is 6.44. The first-order valence-corrected chi connectivity index (χ1v) is 8.88. The maximum Gasteiger partial charge on any atom is 0.270 e. The number of H-pyrrole nitrogens is 1. The molecule has 2 aromatic carbocycles. The van der Waals surface area contributed by atoms with Crippen LogP contribution < -0.4 is 5.32 Å². The van der Waals surface area contributed by atoms with Gasteiger partial charge in [-0.25, -0.2) is 4.98 Å². The number of pyridine rings is 1. The smallest absolute Gasteiger partial charge is 0.270 e. The fourth-order valence-corrected chi connectivity index (χ4v) is 2.94. The number of halogens is 1. The number of carbonyl (C=O) groups is 1. The Morgan fingerprint density at radius 2 is 1.89 bits per heavy atom. The zero-order chi connectivity index (χ0) is 18.6. The Labute approximate surface area is 160 Å². The lowest BCUT2D eigenvalue weighted by Gasteiger charge is -2.06. The van der Waals surface area contributed by atoms with Crippen LogP contribution in [0.1, 0.15) is 16.3 Å². The molecule has 0 spiro atoms. The van der Waals surface area contributed by atoms with Crippen molar-refractivity contribution in [3.63, 3.8) is 0 Å². The molecule has 7 heteroatoms. The van der Waals surface area contributed by atoms with Crippen LogP contribution in [0.15, 0.2) is 60.8 Å². The molecule has 27 heavy (non-hydrogen) atoms. The van der Waals surface area contributed by atoms with Gasteiger partial charge in [0, 0.05) is 35.1 Å². The molecule has 0 saturated heterocycles. The maximum absolute atomic E-state index is 12.5. The van der Waals surface area contributed by atoms with Gasteiger partial charge < -0.3 is 5.32 Å². The van der Waals surface area contributed by atoms with E-state index in [9.17, 15) is 4.79 Å². The van der Waals surface area contributed by atoms with Gasteiger partial charge in [0.2, 0.25) is 0 Å². The van der Waals surface area contributed by atoms with Gasteiger partial charge in [0.05, 0.1) is 0 Å². The van der Waals surface area contributed by atoms with E-state index in [0.29, 0.717) is 35.3 Å². The largest absolute Gasteiger partial charge is 0.350 e. The highest BCUT2D eigenvalue weighted by molar-refractivity contribution is 6.30. The number of fused-ring (bicyclic) bond motifs is 1. The lowest BCUT2D eigenvalue weighted by molar-refractivity contribution is 0.0951. The highest BCUT2D eigenvalue weighted by Gasteiger charge is 2.11. The molecule has 0 aliphatic carbocycles. The van der Waals surface area contributed by atoms with Crippen molar-refractivity contribution in [1.82, 2.24) is 25.5 Å². The van der Waals surface area contributed by atoms with E-state index < -0.39 is 0 Å². The molecule has 0 fully saturated rings. The van der Waals surface area contributed by atoms with Gasteiger partial charge in [-0.2, -0.15) is 5.10 Å². The Hall–Kier alpha value is -3.25. The van der Waals surface area contributed by atoms with Crippen molar-refractivity contribution in [1.29, 1.82) is 0 Å². The molecule has 0 aliphatic heterocycles.